The van der Waals surface area contributed by atoms with Crippen molar-refractivity contribution in [2.24, 2.45) is 0 Å². The van der Waals surface area contributed by atoms with E-state index in [1.807, 2.05) is 50.9 Å². The zero-order valence-corrected chi connectivity index (χ0v) is 31.2. The molecule has 240 valence electrons. The van der Waals surface area contributed by atoms with Gasteiger partial charge in [0, 0.05) is 10.6 Å². The number of hydrogen-bond acceptors (Lipinski definition) is 2. The molecule has 0 aliphatic carbocycles. The first-order valence-electron chi connectivity index (χ1n) is 16.2. The minimum Gasteiger partial charge on any atom is -0.319 e. The standard InChI is InChI=1S/C43H41O2P3/c1-46(2,3)35-17-8-29(9-18-35)32-14-23-38-41(26-32)39-24-15-33(30-10-19-36(20-11-30)47(4,5)44)28-43(39)40-25-16-34(27-42(38)40)31-12-21-37(22-13-31)48(6,7)45/h8-28H,1H2,2-7H3. The van der Waals surface area contributed by atoms with E-state index in [1.165, 1.54) is 48.7 Å². The highest BCUT2D eigenvalue weighted by Gasteiger charge is 2.16. The van der Waals surface area contributed by atoms with Crippen LogP contribution >= 0.6 is 21.2 Å². The molecule has 0 amide bonds. The average molecular weight is 683 g/mol. The molecular formula is C43H41O2P3. The SMILES string of the molecule is C=P(C)(C)c1ccc(-c2ccc3c(c2)c2ccc(-c4ccc(P(C)(C)=O)cc4)cc2c2ccc(-c4ccc(P(C)(C)=O)cc4)cc32)cc1. The summed E-state index contributed by atoms with van der Waals surface area (Å²) < 4.78 is 25.4. The lowest BCUT2D eigenvalue weighted by Gasteiger charge is -2.16. The quantitative estimate of drug-likeness (QED) is 0.129. The Morgan fingerprint density at radius 3 is 0.833 bits per heavy atom. The van der Waals surface area contributed by atoms with Crippen LogP contribution in [-0.4, -0.2) is 46.3 Å². The molecule has 0 aliphatic heterocycles. The van der Waals surface area contributed by atoms with Crippen LogP contribution in [0.15, 0.2) is 127 Å². The Morgan fingerprint density at radius 1 is 0.333 bits per heavy atom. The molecular weight excluding hydrogens is 641 g/mol. The molecule has 0 bridgehead atoms. The number of benzene rings is 7. The fourth-order valence-electron chi connectivity index (χ4n) is 6.63. The van der Waals surface area contributed by atoms with Gasteiger partial charge in [-0.15, -0.1) is 0 Å². The first kappa shape index (κ1) is 32.6. The first-order valence-corrected chi connectivity index (χ1v) is 24.3. The molecule has 0 unspecified atom stereocenters. The lowest BCUT2D eigenvalue weighted by molar-refractivity contribution is 0.587. The van der Waals surface area contributed by atoms with Crippen molar-refractivity contribution in [1.82, 2.24) is 0 Å². The summed E-state index contributed by atoms with van der Waals surface area (Å²) in [5.41, 5.74) is 6.85. The van der Waals surface area contributed by atoms with Crippen LogP contribution in [0.2, 0.25) is 0 Å². The summed E-state index contributed by atoms with van der Waals surface area (Å²) in [7, 11) is -4.65. The molecule has 0 saturated carbocycles. The van der Waals surface area contributed by atoms with Crippen molar-refractivity contribution in [1.29, 1.82) is 0 Å². The first-order chi connectivity index (χ1) is 22.7. The van der Waals surface area contributed by atoms with Gasteiger partial charge in [-0.2, -0.15) is 0 Å². The zero-order chi connectivity index (χ0) is 34.0. The van der Waals surface area contributed by atoms with Gasteiger partial charge in [0.05, 0.1) is 0 Å². The molecule has 5 heteroatoms. The van der Waals surface area contributed by atoms with Crippen LogP contribution in [0, 0.1) is 0 Å². The summed E-state index contributed by atoms with van der Waals surface area (Å²) in [6.45, 7) is 10.4. The maximum absolute atomic E-state index is 12.7. The fourth-order valence-corrected chi connectivity index (χ4v) is 9.32. The molecule has 7 aromatic rings. The Hall–Kier alpha value is -3.92. The Labute approximate surface area is 284 Å². The second-order valence-corrected chi connectivity index (χ2v) is 24.6. The Morgan fingerprint density at radius 2 is 0.583 bits per heavy atom. The Balaban J connectivity index is 1.45. The Bertz CT molecular complexity index is 2200. The topological polar surface area (TPSA) is 34.1 Å². The van der Waals surface area contributed by atoms with Gasteiger partial charge in [-0.3, -0.25) is 0 Å². The maximum Gasteiger partial charge on any atom is 0.109 e. The lowest BCUT2D eigenvalue weighted by atomic mass is 9.89. The molecule has 0 spiro atoms. The van der Waals surface area contributed by atoms with Crippen molar-refractivity contribution < 1.29 is 9.13 Å². The second kappa shape index (κ2) is 11.9. The van der Waals surface area contributed by atoms with Crippen LogP contribution in [-0.2, 0) is 9.13 Å². The number of hydrogen-bond donors (Lipinski definition) is 0. The average Bonchev–Trinajstić information content (AvgIpc) is 3.06. The van der Waals surface area contributed by atoms with Crippen molar-refractivity contribution in [3.63, 3.8) is 0 Å². The van der Waals surface area contributed by atoms with Crippen LogP contribution in [0.3, 0.4) is 0 Å². The zero-order valence-electron chi connectivity index (χ0n) is 28.5. The minimum atomic E-state index is -2.33. The van der Waals surface area contributed by atoms with Gasteiger partial charge in [0.2, 0.25) is 0 Å². The Kier molecular flexibility index (Phi) is 8.08. The predicted octanol–water partition coefficient (Wildman–Crippen LogP) is 11.0. The van der Waals surface area contributed by atoms with Gasteiger partial charge in [-0.05, 0) is 129 Å². The predicted molar refractivity (Wildman–Crippen MR) is 219 cm³/mol. The molecule has 0 atom stereocenters. The van der Waals surface area contributed by atoms with E-state index in [2.05, 4.69) is 123 Å². The molecule has 0 N–H and O–H groups in total. The molecule has 48 heavy (non-hydrogen) atoms. The maximum atomic E-state index is 12.7. The largest absolute Gasteiger partial charge is 0.319 e. The molecule has 2 nitrogen and oxygen atoms in total. The molecule has 0 fully saturated rings. The van der Waals surface area contributed by atoms with Crippen LogP contribution in [0.1, 0.15) is 0 Å². The fraction of sp³-hybridized carbons (Fsp3) is 0.140. The number of rotatable bonds is 6. The second-order valence-electron chi connectivity index (χ2n) is 14.3. The summed E-state index contributed by atoms with van der Waals surface area (Å²) in [6, 6.07) is 45.7. The molecule has 0 heterocycles. The third-order valence-electron chi connectivity index (χ3n) is 9.47. The highest BCUT2D eigenvalue weighted by molar-refractivity contribution is 7.79. The molecule has 0 aromatic heterocycles. The van der Waals surface area contributed by atoms with Crippen LogP contribution in [0.4, 0.5) is 0 Å². The highest BCUT2D eigenvalue weighted by Crippen LogP contribution is 2.42. The molecule has 0 radical (unpaired) electrons. The summed E-state index contributed by atoms with van der Waals surface area (Å²) >= 11 is 0. The van der Waals surface area contributed by atoms with E-state index in [0.717, 1.165) is 32.9 Å². The van der Waals surface area contributed by atoms with E-state index in [4.69, 9.17) is 0 Å². The summed E-state index contributed by atoms with van der Waals surface area (Å²) in [5, 5.41) is 10.4. The lowest BCUT2D eigenvalue weighted by Crippen LogP contribution is -2.01. The van der Waals surface area contributed by atoms with Crippen molar-refractivity contribution in [3.8, 4) is 33.4 Å². The van der Waals surface area contributed by atoms with Crippen LogP contribution in [0.25, 0.3) is 65.7 Å². The van der Waals surface area contributed by atoms with Gasteiger partial charge in [0.25, 0.3) is 0 Å². The summed E-state index contributed by atoms with van der Waals surface area (Å²) in [4.78, 5) is 0. The van der Waals surface area contributed by atoms with E-state index in [0.29, 0.717) is 0 Å². The van der Waals surface area contributed by atoms with Crippen LogP contribution in [0.5, 0.6) is 0 Å². The van der Waals surface area contributed by atoms with E-state index < -0.39 is 21.2 Å². The summed E-state index contributed by atoms with van der Waals surface area (Å²) in [5.74, 6) is 0. The van der Waals surface area contributed by atoms with E-state index in [1.54, 1.807) is 0 Å². The third-order valence-corrected chi connectivity index (χ3v) is 14.3. The van der Waals surface area contributed by atoms with Crippen LogP contribution < -0.4 is 15.9 Å². The smallest absolute Gasteiger partial charge is 0.109 e. The van der Waals surface area contributed by atoms with Gasteiger partial charge < -0.3 is 9.13 Å². The van der Waals surface area contributed by atoms with Gasteiger partial charge in [0.1, 0.15) is 14.3 Å². The van der Waals surface area contributed by atoms with E-state index >= 15 is 0 Å². The van der Waals surface area contributed by atoms with Gasteiger partial charge in [-0.1, -0.05) is 122 Å². The van der Waals surface area contributed by atoms with Gasteiger partial charge in [-0.25, -0.2) is 0 Å². The van der Waals surface area contributed by atoms with Crippen molar-refractivity contribution >= 4 is 75.7 Å². The summed E-state index contributed by atoms with van der Waals surface area (Å²) in [6.07, 6.45) is 4.42. The monoisotopic (exact) mass is 682 g/mol. The third kappa shape index (κ3) is 6.19. The van der Waals surface area contributed by atoms with Crippen molar-refractivity contribution in [2.75, 3.05) is 40.0 Å². The molecule has 0 saturated heterocycles. The number of fused-ring (bicyclic) bond motifs is 6. The molecule has 7 rings (SSSR count). The van der Waals surface area contributed by atoms with Gasteiger partial charge in [0.15, 0.2) is 0 Å². The van der Waals surface area contributed by atoms with E-state index in [-0.39, 0.29) is 0 Å². The molecule has 7 aromatic carbocycles. The van der Waals surface area contributed by atoms with Gasteiger partial charge >= 0.3 is 0 Å². The minimum absolute atomic E-state index is 0.894. The van der Waals surface area contributed by atoms with Crippen molar-refractivity contribution in [3.05, 3.63) is 127 Å². The molecule has 0 aliphatic rings. The van der Waals surface area contributed by atoms with E-state index in [9.17, 15) is 9.13 Å². The highest BCUT2D eigenvalue weighted by atomic mass is 31.2. The van der Waals surface area contributed by atoms with Crippen molar-refractivity contribution in [2.45, 2.75) is 0 Å². The normalized spacial score (nSPS) is 12.6.